The Labute approximate surface area is 116 Å². The van der Waals surface area contributed by atoms with Crippen molar-refractivity contribution in [1.29, 1.82) is 0 Å². The maximum absolute atomic E-state index is 4.28. The highest BCUT2D eigenvalue weighted by molar-refractivity contribution is 7.15. The van der Waals surface area contributed by atoms with Crippen molar-refractivity contribution >= 4 is 16.5 Å². The van der Waals surface area contributed by atoms with Crippen molar-refractivity contribution in [3.63, 3.8) is 0 Å². The molecule has 0 atom stereocenters. The van der Waals surface area contributed by atoms with Gasteiger partial charge in [0, 0.05) is 18.7 Å². The molecular formula is C13H17N5S. The second-order valence-electron chi connectivity index (χ2n) is 4.93. The lowest BCUT2D eigenvalue weighted by Crippen LogP contribution is -2.24. The van der Waals surface area contributed by atoms with E-state index in [-0.39, 0.29) is 0 Å². The van der Waals surface area contributed by atoms with E-state index in [4.69, 9.17) is 0 Å². The van der Waals surface area contributed by atoms with Gasteiger partial charge in [-0.3, -0.25) is 0 Å². The van der Waals surface area contributed by atoms with Crippen molar-refractivity contribution in [3.8, 4) is 0 Å². The molecule has 0 radical (unpaired) electrons. The molecule has 0 saturated heterocycles. The Bertz CT molecular complexity index is 521. The molecule has 1 N–H and O–H groups in total. The van der Waals surface area contributed by atoms with Gasteiger partial charge in [0.2, 0.25) is 5.13 Å². The largest absolute Gasteiger partial charge is 0.360 e. The summed E-state index contributed by atoms with van der Waals surface area (Å²) in [6.45, 7) is 2.97. The highest BCUT2D eigenvalue weighted by Gasteiger charge is 2.33. The first kappa shape index (κ1) is 12.5. The molecule has 2 heterocycles. The molecule has 0 bridgehead atoms. The van der Waals surface area contributed by atoms with E-state index in [0.29, 0.717) is 11.8 Å². The molecule has 1 aliphatic rings. The third kappa shape index (κ3) is 2.89. The molecule has 1 fully saturated rings. The third-order valence-electron chi connectivity index (χ3n) is 3.48. The molecule has 6 heteroatoms. The molecule has 100 valence electrons. The van der Waals surface area contributed by atoms with Crippen LogP contribution in [0.25, 0.3) is 0 Å². The monoisotopic (exact) mass is 275 g/mol. The number of nitrogens with one attached hydrogen (secondary N) is 1. The van der Waals surface area contributed by atoms with E-state index >= 15 is 0 Å². The number of aromatic nitrogens is 4. The zero-order chi connectivity index (χ0) is 13.1. The van der Waals surface area contributed by atoms with Gasteiger partial charge in [-0.05, 0) is 44.2 Å². The lowest BCUT2D eigenvalue weighted by molar-refractivity contribution is 0.259. The molecule has 19 heavy (non-hydrogen) atoms. The average molecular weight is 275 g/mol. The van der Waals surface area contributed by atoms with Crippen molar-refractivity contribution in [1.82, 2.24) is 20.4 Å². The summed E-state index contributed by atoms with van der Waals surface area (Å²) < 4.78 is 0. The van der Waals surface area contributed by atoms with Gasteiger partial charge in [-0.2, -0.15) is 10.2 Å². The van der Waals surface area contributed by atoms with E-state index in [0.717, 1.165) is 23.8 Å². The van der Waals surface area contributed by atoms with Crippen LogP contribution in [0.5, 0.6) is 0 Å². The highest BCUT2D eigenvalue weighted by Crippen LogP contribution is 2.44. The summed E-state index contributed by atoms with van der Waals surface area (Å²) in [4.78, 5) is 0. The maximum atomic E-state index is 4.28. The Morgan fingerprint density at radius 3 is 2.95 bits per heavy atom. The van der Waals surface area contributed by atoms with Gasteiger partial charge in [-0.15, -0.1) is 10.2 Å². The SMILES string of the molecule is CCNc1nnc([C@H]2C[C@@H](Cc3cccnn3)C2)s1. The zero-order valence-corrected chi connectivity index (χ0v) is 11.7. The van der Waals surface area contributed by atoms with Gasteiger partial charge in [0.05, 0.1) is 5.69 Å². The number of anilines is 1. The van der Waals surface area contributed by atoms with Crippen molar-refractivity contribution in [2.24, 2.45) is 5.92 Å². The molecule has 0 aliphatic heterocycles. The van der Waals surface area contributed by atoms with Crippen LogP contribution in [0, 0.1) is 5.92 Å². The Balaban J connectivity index is 1.52. The summed E-state index contributed by atoms with van der Waals surface area (Å²) >= 11 is 1.69. The van der Waals surface area contributed by atoms with Crippen molar-refractivity contribution < 1.29 is 0 Å². The molecule has 0 amide bonds. The van der Waals surface area contributed by atoms with Crippen LogP contribution in [0.3, 0.4) is 0 Å². The summed E-state index contributed by atoms with van der Waals surface area (Å²) in [6.07, 6.45) is 5.13. The van der Waals surface area contributed by atoms with Crippen LogP contribution < -0.4 is 5.32 Å². The van der Waals surface area contributed by atoms with Crippen molar-refractivity contribution in [2.45, 2.75) is 32.1 Å². The van der Waals surface area contributed by atoms with E-state index in [1.54, 1.807) is 17.5 Å². The van der Waals surface area contributed by atoms with E-state index < -0.39 is 0 Å². The predicted octanol–water partition coefficient (Wildman–Crippen LogP) is 2.50. The molecule has 0 aromatic carbocycles. The second kappa shape index (κ2) is 5.61. The highest BCUT2D eigenvalue weighted by atomic mass is 32.1. The summed E-state index contributed by atoms with van der Waals surface area (Å²) in [7, 11) is 0. The lowest BCUT2D eigenvalue weighted by Gasteiger charge is -2.33. The minimum Gasteiger partial charge on any atom is -0.360 e. The minimum atomic E-state index is 0.589. The molecule has 5 nitrogen and oxygen atoms in total. The van der Waals surface area contributed by atoms with Crippen LogP contribution in [0.1, 0.15) is 36.4 Å². The van der Waals surface area contributed by atoms with E-state index in [1.807, 2.05) is 6.07 Å². The van der Waals surface area contributed by atoms with E-state index in [9.17, 15) is 0 Å². The molecule has 2 aromatic rings. The Kier molecular flexibility index (Phi) is 3.68. The van der Waals surface area contributed by atoms with Crippen LogP contribution in [0.2, 0.25) is 0 Å². The zero-order valence-electron chi connectivity index (χ0n) is 10.9. The first-order valence-corrected chi connectivity index (χ1v) is 7.50. The molecule has 0 spiro atoms. The lowest BCUT2D eigenvalue weighted by atomic mass is 9.73. The van der Waals surface area contributed by atoms with Gasteiger partial charge >= 0.3 is 0 Å². The van der Waals surface area contributed by atoms with Crippen molar-refractivity contribution in [3.05, 3.63) is 29.0 Å². The number of rotatable bonds is 5. The summed E-state index contributed by atoms with van der Waals surface area (Å²) in [5.74, 6) is 1.31. The van der Waals surface area contributed by atoms with Gasteiger partial charge in [-0.25, -0.2) is 0 Å². The van der Waals surface area contributed by atoms with Crippen LogP contribution >= 0.6 is 11.3 Å². The van der Waals surface area contributed by atoms with E-state index in [2.05, 4.69) is 38.7 Å². The molecule has 3 rings (SSSR count). The van der Waals surface area contributed by atoms with Crippen molar-refractivity contribution in [2.75, 3.05) is 11.9 Å². The maximum Gasteiger partial charge on any atom is 0.205 e. The van der Waals surface area contributed by atoms with Crippen LogP contribution in [-0.4, -0.2) is 26.9 Å². The number of hydrogen-bond acceptors (Lipinski definition) is 6. The molecule has 1 saturated carbocycles. The van der Waals surface area contributed by atoms with E-state index in [1.165, 1.54) is 17.8 Å². The van der Waals surface area contributed by atoms with Gasteiger partial charge in [0.1, 0.15) is 5.01 Å². The first-order valence-electron chi connectivity index (χ1n) is 6.69. The van der Waals surface area contributed by atoms with Crippen LogP contribution in [-0.2, 0) is 6.42 Å². The topological polar surface area (TPSA) is 63.6 Å². The quantitative estimate of drug-likeness (QED) is 0.908. The van der Waals surface area contributed by atoms with Crippen LogP contribution in [0.4, 0.5) is 5.13 Å². The summed E-state index contributed by atoms with van der Waals surface area (Å²) in [5, 5.41) is 21.8. The number of hydrogen-bond donors (Lipinski definition) is 1. The minimum absolute atomic E-state index is 0.589. The summed E-state index contributed by atoms with van der Waals surface area (Å²) in [6, 6.07) is 4.00. The molecular weight excluding hydrogens is 258 g/mol. The predicted molar refractivity (Wildman–Crippen MR) is 75.3 cm³/mol. The normalized spacial score (nSPS) is 21.9. The fourth-order valence-electron chi connectivity index (χ4n) is 2.46. The fourth-order valence-corrected chi connectivity index (χ4v) is 3.40. The second-order valence-corrected chi connectivity index (χ2v) is 5.94. The molecule has 0 unspecified atom stereocenters. The average Bonchev–Trinajstić information content (AvgIpc) is 2.83. The Morgan fingerprint density at radius 2 is 2.21 bits per heavy atom. The number of nitrogens with zero attached hydrogens (tertiary/aromatic N) is 4. The van der Waals surface area contributed by atoms with Crippen LogP contribution in [0.15, 0.2) is 18.3 Å². The van der Waals surface area contributed by atoms with Gasteiger partial charge in [0.25, 0.3) is 0 Å². The Hall–Kier alpha value is -1.56. The van der Waals surface area contributed by atoms with Gasteiger partial charge < -0.3 is 5.32 Å². The standard InChI is InChI=1S/C13H17N5S/c1-2-14-13-18-17-12(19-13)10-6-9(7-10)8-11-4-3-5-15-16-11/h3-5,9-10H,2,6-8H2,1H3,(H,14,18)/t9-,10+. The molecule has 2 aromatic heterocycles. The smallest absolute Gasteiger partial charge is 0.205 e. The fraction of sp³-hybridized carbons (Fsp3) is 0.538. The third-order valence-corrected chi connectivity index (χ3v) is 4.52. The van der Waals surface area contributed by atoms with Gasteiger partial charge in [-0.1, -0.05) is 11.3 Å². The first-order chi connectivity index (χ1) is 9.35. The molecule has 1 aliphatic carbocycles. The van der Waals surface area contributed by atoms with Gasteiger partial charge in [0.15, 0.2) is 0 Å². The Morgan fingerprint density at radius 1 is 1.32 bits per heavy atom. The summed E-state index contributed by atoms with van der Waals surface area (Å²) in [5.41, 5.74) is 1.09.